The Morgan fingerprint density at radius 1 is 0.933 bits per heavy atom. The number of rotatable bonds is 7. The van der Waals surface area contributed by atoms with E-state index in [4.69, 9.17) is 21.1 Å². The number of hydrogen-bond donors (Lipinski definition) is 2. The van der Waals surface area contributed by atoms with Gasteiger partial charge in [0.25, 0.3) is 15.9 Å². The number of hydrogen-bond acceptors (Lipinski definition) is 5. The summed E-state index contributed by atoms with van der Waals surface area (Å²) in [5, 5.41) is 3.15. The van der Waals surface area contributed by atoms with Crippen molar-refractivity contribution in [1.29, 1.82) is 0 Å². The fourth-order valence-electron chi connectivity index (χ4n) is 2.64. The number of carbonyl (C=O) groups excluding carboxylic acids is 1. The number of ether oxygens (including phenoxy) is 2. The number of methoxy groups -OCH3 is 2. The van der Waals surface area contributed by atoms with Gasteiger partial charge in [0.2, 0.25) is 0 Å². The summed E-state index contributed by atoms with van der Waals surface area (Å²) in [5.41, 5.74) is 1.12. The molecule has 0 aliphatic carbocycles. The van der Waals surface area contributed by atoms with E-state index in [1.165, 1.54) is 38.5 Å². The van der Waals surface area contributed by atoms with E-state index >= 15 is 0 Å². The molecule has 0 atom stereocenters. The monoisotopic (exact) mass is 446 g/mol. The van der Waals surface area contributed by atoms with Crippen molar-refractivity contribution in [2.45, 2.75) is 4.90 Å². The molecule has 1 amide bonds. The first-order valence-corrected chi connectivity index (χ1v) is 10.6. The second-order valence-corrected chi connectivity index (χ2v) is 8.28. The summed E-state index contributed by atoms with van der Waals surface area (Å²) in [7, 11) is -0.930. The summed E-state index contributed by atoms with van der Waals surface area (Å²) in [6.07, 6.45) is 0. The van der Waals surface area contributed by atoms with Gasteiger partial charge >= 0.3 is 0 Å². The molecule has 0 aliphatic heterocycles. The van der Waals surface area contributed by atoms with Gasteiger partial charge in [0, 0.05) is 22.3 Å². The first-order chi connectivity index (χ1) is 14.3. The number of nitrogens with one attached hydrogen (secondary N) is 2. The van der Waals surface area contributed by atoms with Crippen molar-refractivity contribution >= 4 is 38.9 Å². The van der Waals surface area contributed by atoms with Crippen molar-refractivity contribution in [2.24, 2.45) is 0 Å². The standard InChI is InChI=1S/C21H19ClN2O5S/c1-28-17-8-11-19(20(13-17)29-2)24-30(26,27)18-9-6-16(7-10-18)23-21(25)14-4-3-5-15(22)12-14/h3-13,24H,1-2H3,(H,23,25). The van der Waals surface area contributed by atoms with Gasteiger partial charge in [0.15, 0.2) is 0 Å². The molecule has 2 N–H and O–H groups in total. The van der Waals surface area contributed by atoms with Crippen LogP contribution >= 0.6 is 11.6 Å². The summed E-state index contributed by atoms with van der Waals surface area (Å²) >= 11 is 5.90. The lowest BCUT2D eigenvalue weighted by Crippen LogP contribution is -2.14. The first-order valence-electron chi connectivity index (χ1n) is 8.74. The van der Waals surface area contributed by atoms with E-state index in [1.807, 2.05) is 0 Å². The fourth-order valence-corrected chi connectivity index (χ4v) is 3.90. The van der Waals surface area contributed by atoms with Gasteiger partial charge in [-0.2, -0.15) is 0 Å². The van der Waals surface area contributed by atoms with E-state index in [-0.39, 0.29) is 16.5 Å². The van der Waals surface area contributed by atoms with Crippen LogP contribution < -0.4 is 19.5 Å². The SMILES string of the molecule is COc1ccc(NS(=O)(=O)c2ccc(NC(=O)c3cccc(Cl)c3)cc2)c(OC)c1. The molecule has 0 bridgehead atoms. The van der Waals surface area contributed by atoms with E-state index in [9.17, 15) is 13.2 Å². The van der Waals surface area contributed by atoms with E-state index in [0.717, 1.165) is 0 Å². The second-order valence-electron chi connectivity index (χ2n) is 6.16. The third-order valence-electron chi connectivity index (χ3n) is 4.16. The minimum atomic E-state index is -3.87. The quantitative estimate of drug-likeness (QED) is 0.560. The molecule has 3 rings (SSSR count). The molecule has 0 unspecified atom stereocenters. The maximum Gasteiger partial charge on any atom is 0.262 e. The Kier molecular flexibility index (Phi) is 6.49. The molecule has 0 aliphatic rings. The zero-order chi connectivity index (χ0) is 21.7. The molecule has 7 nitrogen and oxygen atoms in total. The second kappa shape index (κ2) is 9.06. The van der Waals surface area contributed by atoms with Gasteiger partial charge in [-0.05, 0) is 54.6 Å². The summed E-state index contributed by atoms with van der Waals surface area (Å²) in [6, 6.07) is 17.1. The molecule has 3 aromatic carbocycles. The first kappa shape index (κ1) is 21.5. The van der Waals surface area contributed by atoms with Crippen LogP contribution in [0.5, 0.6) is 11.5 Å². The zero-order valence-corrected chi connectivity index (χ0v) is 17.8. The lowest BCUT2D eigenvalue weighted by molar-refractivity contribution is 0.102. The van der Waals surface area contributed by atoms with Crippen molar-refractivity contribution in [3.8, 4) is 11.5 Å². The average molecular weight is 447 g/mol. The maximum absolute atomic E-state index is 12.7. The molecule has 0 saturated carbocycles. The van der Waals surface area contributed by atoms with Gasteiger partial charge in [0.05, 0.1) is 24.8 Å². The van der Waals surface area contributed by atoms with E-state index in [2.05, 4.69) is 10.0 Å². The predicted octanol–water partition coefficient (Wildman–Crippen LogP) is 4.41. The van der Waals surface area contributed by atoms with Gasteiger partial charge in [0.1, 0.15) is 11.5 Å². The number of carbonyl (C=O) groups is 1. The van der Waals surface area contributed by atoms with Gasteiger partial charge in [-0.15, -0.1) is 0 Å². The van der Waals surface area contributed by atoms with Crippen LogP contribution in [-0.4, -0.2) is 28.5 Å². The minimum absolute atomic E-state index is 0.0288. The molecule has 0 spiro atoms. The van der Waals surface area contributed by atoms with Gasteiger partial charge in [-0.25, -0.2) is 8.42 Å². The molecule has 30 heavy (non-hydrogen) atoms. The van der Waals surface area contributed by atoms with Crippen molar-refractivity contribution in [2.75, 3.05) is 24.3 Å². The minimum Gasteiger partial charge on any atom is -0.497 e. The highest BCUT2D eigenvalue weighted by atomic mass is 35.5. The van der Waals surface area contributed by atoms with Crippen molar-refractivity contribution in [1.82, 2.24) is 0 Å². The Bertz CT molecular complexity index is 1160. The van der Waals surface area contributed by atoms with Gasteiger partial charge in [-0.3, -0.25) is 9.52 Å². The van der Waals surface area contributed by atoms with E-state index in [1.54, 1.807) is 42.5 Å². The Morgan fingerprint density at radius 3 is 2.30 bits per heavy atom. The smallest absolute Gasteiger partial charge is 0.262 e. The lowest BCUT2D eigenvalue weighted by atomic mass is 10.2. The predicted molar refractivity (Wildman–Crippen MR) is 116 cm³/mol. The van der Waals surface area contributed by atoms with Gasteiger partial charge < -0.3 is 14.8 Å². The van der Waals surface area contributed by atoms with Crippen LogP contribution in [0.25, 0.3) is 0 Å². The third-order valence-corrected chi connectivity index (χ3v) is 5.78. The molecule has 0 heterocycles. The Balaban J connectivity index is 1.76. The number of benzene rings is 3. The van der Waals surface area contributed by atoms with Crippen LogP contribution in [0.1, 0.15) is 10.4 Å². The molecule has 9 heteroatoms. The van der Waals surface area contributed by atoms with Crippen molar-refractivity contribution in [3.63, 3.8) is 0 Å². The Hall–Kier alpha value is -3.23. The lowest BCUT2D eigenvalue weighted by Gasteiger charge is -2.13. The summed E-state index contributed by atoms with van der Waals surface area (Å²) < 4.78 is 38.3. The van der Waals surface area contributed by atoms with E-state index in [0.29, 0.717) is 27.8 Å². The highest BCUT2D eigenvalue weighted by molar-refractivity contribution is 7.92. The molecular formula is C21H19ClN2O5S. The molecule has 0 saturated heterocycles. The largest absolute Gasteiger partial charge is 0.497 e. The van der Waals surface area contributed by atoms with Crippen molar-refractivity contribution in [3.05, 3.63) is 77.3 Å². The number of anilines is 2. The van der Waals surface area contributed by atoms with E-state index < -0.39 is 10.0 Å². The number of sulfonamides is 1. The topological polar surface area (TPSA) is 93.7 Å². The third kappa shape index (κ3) is 5.03. The van der Waals surface area contributed by atoms with Crippen LogP contribution in [0.2, 0.25) is 5.02 Å². The number of halogens is 1. The van der Waals surface area contributed by atoms with Crippen molar-refractivity contribution < 1.29 is 22.7 Å². The van der Waals surface area contributed by atoms with Crippen LogP contribution in [0.15, 0.2) is 71.6 Å². The summed E-state index contributed by atoms with van der Waals surface area (Å²) in [5.74, 6) is 0.507. The maximum atomic E-state index is 12.7. The van der Waals surface area contributed by atoms with Gasteiger partial charge in [-0.1, -0.05) is 17.7 Å². The van der Waals surface area contributed by atoms with Crippen LogP contribution in [-0.2, 0) is 10.0 Å². The van der Waals surface area contributed by atoms with Crippen LogP contribution in [0, 0.1) is 0 Å². The van der Waals surface area contributed by atoms with Crippen LogP contribution in [0.4, 0.5) is 11.4 Å². The Labute approximate surface area is 179 Å². The molecule has 0 radical (unpaired) electrons. The summed E-state index contributed by atoms with van der Waals surface area (Å²) in [4.78, 5) is 12.3. The Morgan fingerprint density at radius 2 is 1.67 bits per heavy atom. The molecular weight excluding hydrogens is 428 g/mol. The fraction of sp³-hybridized carbons (Fsp3) is 0.0952. The highest BCUT2D eigenvalue weighted by Crippen LogP contribution is 2.31. The highest BCUT2D eigenvalue weighted by Gasteiger charge is 2.17. The number of amides is 1. The summed E-state index contributed by atoms with van der Waals surface area (Å²) in [6.45, 7) is 0. The molecule has 3 aromatic rings. The van der Waals surface area contributed by atoms with Crippen LogP contribution in [0.3, 0.4) is 0 Å². The zero-order valence-electron chi connectivity index (χ0n) is 16.2. The average Bonchev–Trinajstić information content (AvgIpc) is 2.74. The molecule has 0 aromatic heterocycles. The molecule has 156 valence electrons. The molecule has 0 fully saturated rings. The normalized spacial score (nSPS) is 10.9.